The number of hydrogen-bond acceptors (Lipinski definition) is 7. The van der Waals surface area contributed by atoms with Gasteiger partial charge in [-0.15, -0.1) is 0 Å². The van der Waals surface area contributed by atoms with Crippen LogP contribution in [0.2, 0.25) is 0 Å². The zero-order valence-corrected chi connectivity index (χ0v) is 12.6. The van der Waals surface area contributed by atoms with Gasteiger partial charge in [0.1, 0.15) is 11.3 Å². The number of fused-ring (bicyclic) bond motifs is 1. The number of hydrogen-bond donors (Lipinski definition) is 0. The number of nitrogens with zero attached hydrogens (tertiary/aromatic N) is 2. The SMILES string of the molecule is O=c1ccc2ccc(OCc3noc(-c4ccsc4)n3)cc2o1. The van der Waals surface area contributed by atoms with E-state index < -0.39 is 5.63 Å². The minimum atomic E-state index is -0.395. The lowest BCUT2D eigenvalue weighted by molar-refractivity contribution is 0.287. The maximum Gasteiger partial charge on any atom is 0.336 e. The normalized spacial score (nSPS) is 11.0. The van der Waals surface area contributed by atoms with Gasteiger partial charge in [-0.2, -0.15) is 16.3 Å². The quantitative estimate of drug-likeness (QED) is 0.534. The lowest BCUT2D eigenvalue weighted by atomic mass is 10.2. The van der Waals surface area contributed by atoms with Crippen molar-refractivity contribution in [1.29, 1.82) is 0 Å². The Hall–Kier alpha value is -2.93. The van der Waals surface area contributed by atoms with Gasteiger partial charge in [-0.1, -0.05) is 5.16 Å². The molecule has 7 heteroatoms. The summed E-state index contributed by atoms with van der Waals surface area (Å²) in [6.45, 7) is 0.163. The lowest BCUT2D eigenvalue weighted by Crippen LogP contribution is -1.98. The monoisotopic (exact) mass is 326 g/mol. The molecular formula is C16H10N2O4S. The topological polar surface area (TPSA) is 78.4 Å². The first-order valence-corrected chi connectivity index (χ1v) is 7.74. The molecule has 23 heavy (non-hydrogen) atoms. The van der Waals surface area contributed by atoms with E-state index in [1.807, 2.05) is 22.9 Å². The Bertz CT molecular complexity index is 1000. The first-order valence-electron chi connectivity index (χ1n) is 6.80. The maximum absolute atomic E-state index is 11.3. The summed E-state index contributed by atoms with van der Waals surface area (Å²) in [7, 11) is 0. The van der Waals surface area contributed by atoms with Crippen LogP contribution < -0.4 is 10.4 Å². The third-order valence-electron chi connectivity index (χ3n) is 3.20. The van der Waals surface area contributed by atoms with Crippen molar-refractivity contribution in [2.45, 2.75) is 6.61 Å². The largest absolute Gasteiger partial charge is 0.485 e. The first-order chi connectivity index (χ1) is 11.3. The van der Waals surface area contributed by atoms with Crippen molar-refractivity contribution in [3.63, 3.8) is 0 Å². The van der Waals surface area contributed by atoms with Crippen molar-refractivity contribution in [1.82, 2.24) is 10.1 Å². The van der Waals surface area contributed by atoms with Crippen molar-refractivity contribution < 1.29 is 13.7 Å². The molecule has 0 bridgehead atoms. The van der Waals surface area contributed by atoms with Gasteiger partial charge < -0.3 is 13.7 Å². The molecule has 114 valence electrons. The average Bonchev–Trinajstić information content (AvgIpc) is 3.23. The minimum Gasteiger partial charge on any atom is -0.485 e. The molecular weight excluding hydrogens is 316 g/mol. The molecule has 0 aliphatic carbocycles. The fraction of sp³-hybridized carbons (Fsp3) is 0.0625. The second-order valence-corrected chi connectivity index (χ2v) is 5.55. The fourth-order valence-electron chi connectivity index (χ4n) is 2.09. The molecule has 0 N–H and O–H groups in total. The number of benzene rings is 1. The van der Waals surface area contributed by atoms with Crippen molar-refractivity contribution in [2.24, 2.45) is 0 Å². The molecule has 0 aliphatic rings. The van der Waals surface area contributed by atoms with E-state index in [9.17, 15) is 4.79 Å². The molecule has 0 radical (unpaired) electrons. The smallest absolute Gasteiger partial charge is 0.336 e. The molecule has 0 aliphatic heterocycles. The summed E-state index contributed by atoms with van der Waals surface area (Å²) in [5.41, 5.74) is 0.969. The van der Waals surface area contributed by atoms with Gasteiger partial charge in [0, 0.05) is 22.9 Å². The third-order valence-corrected chi connectivity index (χ3v) is 3.88. The van der Waals surface area contributed by atoms with Crippen LogP contribution in [0.3, 0.4) is 0 Å². The molecule has 0 fully saturated rings. The highest BCUT2D eigenvalue weighted by Crippen LogP contribution is 2.22. The van der Waals surface area contributed by atoms with Crippen LogP contribution >= 0.6 is 11.3 Å². The minimum absolute atomic E-state index is 0.163. The molecule has 0 saturated heterocycles. The maximum atomic E-state index is 11.3. The second kappa shape index (κ2) is 5.69. The number of thiophene rings is 1. The van der Waals surface area contributed by atoms with Gasteiger partial charge in [0.25, 0.3) is 5.89 Å². The Kier molecular flexibility index (Phi) is 3.39. The molecule has 0 atom stereocenters. The molecule has 4 aromatic rings. The van der Waals surface area contributed by atoms with Crippen LogP contribution in [0.4, 0.5) is 0 Å². The first kappa shape index (κ1) is 13.7. The summed E-state index contributed by atoms with van der Waals surface area (Å²) >= 11 is 1.56. The molecule has 3 heterocycles. The van der Waals surface area contributed by atoms with Gasteiger partial charge in [0.15, 0.2) is 6.61 Å². The molecule has 1 aromatic carbocycles. The molecule has 0 spiro atoms. The third kappa shape index (κ3) is 2.86. The number of aromatic nitrogens is 2. The van der Waals surface area contributed by atoms with Crippen LogP contribution in [0.15, 0.2) is 60.9 Å². The lowest BCUT2D eigenvalue weighted by Gasteiger charge is -2.03. The molecule has 0 unspecified atom stereocenters. The van der Waals surface area contributed by atoms with Crippen LogP contribution in [0, 0.1) is 0 Å². The van der Waals surface area contributed by atoms with E-state index in [1.165, 1.54) is 6.07 Å². The molecule has 6 nitrogen and oxygen atoms in total. The van der Waals surface area contributed by atoms with Crippen LogP contribution in [0.25, 0.3) is 22.4 Å². The standard InChI is InChI=1S/C16H10N2O4S/c19-15-4-2-10-1-3-12(7-13(10)21-15)20-8-14-17-16(22-18-14)11-5-6-23-9-11/h1-7,9H,8H2. The Balaban J connectivity index is 1.51. The fourth-order valence-corrected chi connectivity index (χ4v) is 2.72. The molecule has 0 saturated carbocycles. The highest BCUT2D eigenvalue weighted by molar-refractivity contribution is 7.08. The van der Waals surface area contributed by atoms with Crippen molar-refractivity contribution in [3.8, 4) is 17.2 Å². The Morgan fingerprint density at radius 2 is 2.09 bits per heavy atom. The van der Waals surface area contributed by atoms with Crippen molar-refractivity contribution in [2.75, 3.05) is 0 Å². The van der Waals surface area contributed by atoms with Gasteiger partial charge in [0.05, 0.1) is 5.56 Å². The summed E-state index contributed by atoms with van der Waals surface area (Å²) in [6.07, 6.45) is 0. The molecule has 4 rings (SSSR count). The van der Waals surface area contributed by atoms with E-state index in [-0.39, 0.29) is 6.61 Å². The van der Waals surface area contributed by atoms with E-state index in [0.29, 0.717) is 23.0 Å². The van der Waals surface area contributed by atoms with Gasteiger partial charge in [0.2, 0.25) is 5.82 Å². The molecule has 3 aromatic heterocycles. The summed E-state index contributed by atoms with van der Waals surface area (Å²) < 4.78 is 15.9. The van der Waals surface area contributed by atoms with Gasteiger partial charge in [-0.05, 0) is 29.6 Å². The van der Waals surface area contributed by atoms with Gasteiger partial charge in [-0.25, -0.2) is 4.79 Å². The van der Waals surface area contributed by atoms with Crippen molar-refractivity contribution >= 4 is 22.3 Å². The highest BCUT2D eigenvalue weighted by Gasteiger charge is 2.10. The highest BCUT2D eigenvalue weighted by atomic mass is 32.1. The number of ether oxygens (including phenoxy) is 1. The average molecular weight is 326 g/mol. The summed E-state index contributed by atoms with van der Waals surface area (Å²) in [5, 5.41) is 8.59. The van der Waals surface area contributed by atoms with E-state index in [1.54, 1.807) is 29.5 Å². The van der Waals surface area contributed by atoms with E-state index >= 15 is 0 Å². The predicted molar refractivity (Wildman–Crippen MR) is 84.4 cm³/mol. The Labute approximate surface area is 133 Å². The summed E-state index contributed by atoms with van der Waals surface area (Å²) in [6, 6.07) is 10.3. The Morgan fingerprint density at radius 1 is 1.17 bits per heavy atom. The van der Waals surface area contributed by atoms with E-state index in [0.717, 1.165) is 10.9 Å². The zero-order chi connectivity index (χ0) is 15.6. The van der Waals surface area contributed by atoms with Gasteiger partial charge in [-0.3, -0.25) is 0 Å². The van der Waals surface area contributed by atoms with Crippen molar-refractivity contribution in [3.05, 3.63) is 63.4 Å². The predicted octanol–water partition coefficient (Wildman–Crippen LogP) is 3.48. The summed E-state index contributed by atoms with van der Waals surface area (Å²) in [5.74, 6) is 1.48. The van der Waals surface area contributed by atoms with Gasteiger partial charge >= 0.3 is 5.63 Å². The van der Waals surface area contributed by atoms with Crippen LogP contribution in [0.1, 0.15) is 5.82 Å². The summed E-state index contributed by atoms with van der Waals surface area (Å²) in [4.78, 5) is 15.5. The second-order valence-electron chi connectivity index (χ2n) is 4.77. The van der Waals surface area contributed by atoms with Crippen LogP contribution in [0.5, 0.6) is 5.75 Å². The number of rotatable bonds is 4. The zero-order valence-electron chi connectivity index (χ0n) is 11.8. The van der Waals surface area contributed by atoms with E-state index in [4.69, 9.17) is 13.7 Å². The van der Waals surface area contributed by atoms with Crippen LogP contribution in [-0.2, 0) is 6.61 Å². The molecule has 0 amide bonds. The van der Waals surface area contributed by atoms with Crippen LogP contribution in [-0.4, -0.2) is 10.1 Å². The Morgan fingerprint density at radius 3 is 2.96 bits per heavy atom. The van der Waals surface area contributed by atoms with E-state index in [2.05, 4.69) is 10.1 Å².